The van der Waals surface area contributed by atoms with Gasteiger partial charge in [0.2, 0.25) is 0 Å². The first kappa shape index (κ1) is 15.3. The minimum absolute atomic E-state index is 0.0247. The molecule has 0 heterocycles. The van der Waals surface area contributed by atoms with Crippen LogP contribution in [0.3, 0.4) is 0 Å². The Labute approximate surface area is 123 Å². The van der Waals surface area contributed by atoms with Crippen LogP contribution in [-0.2, 0) is 17.6 Å². The van der Waals surface area contributed by atoms with Gasteiger partial charge in [0.15, 0.2) is 0 Å². The molecule has 0 bridgehead atoms. The molecule has 2 rings (SSSR count). The molecule has 0 unspecified atom stereocenters. The third kappa shape index (κ3) is 3.95. The van der Waals surface area contributed by atoms with Gasteiger partial charge in [0.1, 0.15) is 0 Å². The van der Waals surface area contributed by atoms with Crippen molar-refractivity contribution in [2.45, 2.75) is 31.2 Å². The quantitative estimate of drug-likeness (QED) is 0.579. The minimum Gasteiger partial charge on any atom is -0.481 e. The highest BCUT2D eigenvalue weighted by molar-refractivity contribution is 5.75. The van der Waals surface area contributed by atoms with Gasteiger partial charge >= 0.3 is 12.0 Å². The second-order valence-electron chi connectivity index (χ2n) is 5.44. The summed E-state index contributed by atoms with van der Waals surface area (Å²) in [6.07, 6.45) is 1.61. The van der Waals surface area contributed by atoms with Crippen molar-refractivity contribution in [1.82, 2.24) is 10.6 Å². The predicted octanol–water partition coefficient (Wildman–Crippen LogP) is 0.680. The van der Waals surface area contributed by atoms with E-state index < -0.39 is 11.5 Å². The monoisotopic (exact) mass is 292 g/mol. The number of benzene rings is 1. The molecule has 0 saturated carbocycles. The summed E-state index contributed by atoms with van der Waals surface area (Å²) in [6.45, 7) is 0.164. The number of aliphatic hydroxyl groups is 1. The van der Waals surface area contributed by atoms with Crippen LogP contribution in [0.1, 0.15) is 24.0 Å². The molecule has 0 saturated heterocycles. The van der Waals surface area contributed by atoms with Crippen molar-refractivity contribution >= 4 is 12.0 Å². The van der Waals surface area contributed by atoms with Crippen LogP contribution in [0.5, 0.6) is 0 Å². The maximum Gasteiger partial charge on any atom is 0.315 e. The SMILES string of the molecule is O=C(O)CCCNC(=O)NC1(CO)Cc2ccccc2C1. The fourth-order valence-corrected chi connectivity index (χ4v) is 2.66. The summed E-state index contributed by atoms with van der Waals surface area (Å²) >= 11 is 0. The van der Waals surface area contributed by atoms with E-state index in [1.807, 2.05) is 24.3 Å². The van der Waals surface area contributed by atoms with Gasteiger partial charge in [-0.05, 0) is 30.4 Å². The topological polar surface area (TPSA) is 98.7 Å². The smallest absolute Gasteiger partial charge is 0.315 e. The lowest BCUT2D eigenvalue weighted by molar-refractivity contribution is -0.137. The Morgan fingerprint density at radius 3 is 2.33 bits per heavy atom. The molecule has 0 aromatic heterocycles. The van der Waals surface area contributed by atoms with E-state index in [1.165, 1.54) is 0 Å². The van der Waals surface area contributed by atoms with Gasteiger partial charge in [-0.15, -0.1) is 0 Å². The second kappa shape index (κ2) is 6.58. The van der Waals surface area contributed by atoms with Gasteiger partial charge in [-0.3, -0.25) is 4.79 Å². The minimum atomic E-state index is -0.879. The molecule has 0 spiro atoms. The molecule has 0 radical (unpaired) electrons. The van der Waals surface area contributed by atoms with Gasteiger partial charge in [0.25, 0.3) is 0 Å². The molecule has 6 heteroatoms. The number of rotatable bonds is 6. The van der Waals surface area contributed by atoms with Crippen molar-refractivity contribution in [1.29, 1.82) is 0 Å². The number of fused-ring (bicyclic) bond motifs is 1. The Balaban J connectivity index is 1.86. The van der Waals surface area contributed by atoms with Crippen LogP contribution in [0.4, 0.5) is 4.79 Å². The third-order valence-electron chi connectivity index (χ3n) is 3.71. The number of hydrogen-bond acceptors (Lipinski definition) is 3. The normalized spacial score (nSPS) is 15.3. The number of carbonyl (C=O) groups excluding carboxylic acids is 1. The number of nitrogens with one attached hydrogen (secondary N) is 2. The lowest BCUT2D eigenvalue weighted by Gasteiger charge is -2.28. The summed E-state index contributed by atoms with van der Waals surface area (Å²) < 4.78 is 0. The molecule has 4 N–H and O–H groups in total. The van der Waals surface area contributed by atoms with Crippen LogP contribution in [0, 0.1) is 0 Å². The standard InChI is InChI=1S/C15H20N2O4/c18-10-15(8-11-4-1-2-5-12(11)9-15)17-14(21)16-7-3-6-13(19)20/h1-2,4-5,18H,3,6-10H2,(H,19,20)(H2,16,17,21). The molecule has 1 aromatic rings. The van der Waals surface area contributed by atoms with E-state index in [0.29, 0.717) is 25.8 Å². The number of carbonyl (C=O) groups is 2. The zero-order valence-corrected chi connectivity index (χ0v) is 11.8. The Bertz CT molecular complexity index is 505. The van der Waals surface area contributed by atoms with E-state index >= 15 is 0 Å². The molecule has 1 aliphatic carbocycles. The number of amides is 2. The first-order valence-corrected chi connectivity index (χ1v) is 7.00. The summed E-state index contributed by atoms with van der Waals surface area (Å²) in [5, 5.41) is 23.6. The summed E-state index contributed by atoms with van der Waals surface area (Å²) in [7, 11) is 0. The lowest BCUT2D eigenvalue weighted by atomic mass is 9.97. The summed E-state index contributed by atoms with van der Waals surface area (Å²) in [5.74, 6) is -0.879. The third-order valence-corrected chi connectivity index (χ3v) is 3.71. The van der Waals surface area contributed by atoms with Crippen molar-refractivity contribution < 1.29 is 19.8 Å². The average Bonchev–Trinajstić information content (AvgIpc) is 2.82. The van der Waals surface area contributed by atoms with Gasteiger partial charge in [0, 0.05) is 13.0 Å². The van der Waals surface area contributed by atoms with Gasteiger partial charge in [-0.25, -0.2) is 4.79 Å². The van der Waals surface area contributed by atoms with E-state index in [1.54, 1.807) is 0 Å². The molecule has 114 valence electrons. The number of carboxylic acids is 1. The van der Waals surface area contributed by atoms with Crippen LogP contribution in [-0.4, -0.2) is 40.9 Å². The Morgan fingerprint density at radius 1 is 1.19 bits per heavy atom. The van der Waals surface area contributed by atoms with Gasteiger partial charge in [0.05, 0.1) is 12.1 Å². The number of hydrogen-bond donors (Lipinski definition) is 4. The zero-order valence-electron chi connectivity index (χ0n) is 11.8. The Morgan fingerprint density at radius 2 is 1.81 bits per heavy atom. The predicted molar refractivity (Wildman–Crippen MR) is 77.1 cm³/mol. The van der Waals surface area contributed by atoms with Crippen LogP contribution in [0.25, 0.3) is 0 Å². The largest absolute Gasteiger partial charge is 0.481 e. The number of aliphatic hydroxyl groups excluding tert-OH is 1. The number of aliphatic carboxylic acids is 1. The molecule has 0 atom stereocenters. The zero-order chi connectivity index (χ0) is 15.3. The summed E-state index contributed by atoms with van der Waals surface area (Å²) in [5.41, 5.74) is 1.61. The maximum absolute atomic E-state index is 11.9. The van der Waals surface area contributed by atoms with E-state index in [2.05, 4.69) is 10.6 Å². The molecule has 1 aromatic carbocycles. The molecular formula is C15H20N2O4. The average molecular weight is 292 g/mol. The Kier molecular flexibility index (Phi) is 4.80. The van der Waals surface area contributed by atoms with Crippen LogP contribution in [0.2, 0.25) is 0 Å². The van der Waals surface area contributed by atoms with Gasteiger partial charge < -0.3 is 20.8 Å². The highest BCUT2D eigenvalue weighted by atomic mass is 16.4. The first-order valence-electron chi connectivity index (χ1n) is 7.00. The molecule has 0 aliphatic heterocycles. The molecule has 21 heavy (non-hydrogen) atoms. The van der Waals surface area contributed by atoms with Crippen molar-refractivity contribution in [2.24, 2.45) is 0 Å². The molecule has 0 fully saturated rings. The lowest BCUT2D eigenvalue weighted by Crippen LogP contribution is -2.55. The maximum atomic E-state index is 11.9. The van der Waals surface area contributed by atoms with E-state index in [0.717, 1.165) is 11.1 Å². The molecular weight excluding hydrogens is 272 g/mol. The summed E-state index contributed by atoms with van der Waals surface area (Å²) in [6, 6.07) is 7.51. The van der Waals surface area contributed by atoms with Crippen LogP contribution < -0.4 is 10.6 Å². The van der Waals surface area contributed by atoms with E-state index in [4.69, 9.17) is 5.11 Å². The van der Waals surface area contributed by atoms with E-state index in [9.17, 15) is 14.7 Å². The van der Waals surface area contributed by atoms with E-state index in [-0.39, 0.29) is 19.1 Å². The van der Waals surface area contributed by atoms with Crippen LogP contribution in [0.15, 0.2) is 24.3 Å². The second-order valence-corrected chi connectivity index (χ2v) is 5.44. The van der Waals surface area contributed by atoms with Crippen molar-refractivity contribution in [3.63, 3.8) is 0 Å². The fourth-order valence-electron chi connectivity index (χ4n) is 2.66. The van der Waals surface area contributed by atoms with Crippen molar-refractivity contribution in [2.75, 3.05) is 13.2 Å². The van der Waals surface area contributed by atoms with Gasteiger partial charge in [-0.1, -0.05) is 24.3 Å². The van der Waals surface area contributed by atoms with Gasteiger partial charge in [-0.2, -0.15) is 0 Å². The first-order chi connectivity index (χ1) is 10.0. The highest BCUT2D eigenvalue weighted by Gasteiger charge is 2.37. The number of carboxylic acid groups (broad SMARTS) is 1. The molecule has 1 aliphatic rings. The fraction of sp³-hybridized carbons (Fsp3) is 0.467. The Hall–Kier alpha value is -2.08. The number of urea groups is 1. The molecule has 6 nitrogen and oxygen atoms in total. The van der Waals surface area contributed by atoms with Crippen LogP contribution >= 0.6 is 0 Å². The van der Waals surface area contributed by atoms with Crippen molar-refractivity contribution in [3.05, 3.63) is 35.4 Å². The summed E-state index contributed by atoms with van der Waals surface area (Å²) in [4.78, 5) is 22.3. The molecule has 2 amide bonds. The van der Waals surface area contributed by atoms with Crippen molar-refractivity contribution in [3.8, 4) is 0 Å². The highest BCUT2D eigenvalue weighted by Crippen LogP contribution is 2.29.